The minimum atomic E-state index is 0.665. The molecule has 5 nitrogen and oxygen atoms in total. The lowest BCUT2D eigenvalue weighted by atomic mass is 10.1. The molecule has 0 spiro atoms. The zero-order valence-electron chi connectivity index (χ0n) is 16.5. The van der Waals surface area contributed by atoms with Gasteiger partial charge in [0.1, 0.15) is 11.5 Å². The van der Waals surface area contributed by atoms with Crippen LogP contribution in [0.15, 0.2) is 24.4 Å². The second kappa shape index (κ2) is 11.6. The Labute approximate surface area is 157 Å². The van der Waals surface area contributed by atoms with Crippen molar-refractivity contribution in [3.05, 3.63) is 35.7 Å². The molecule has 1 aromatic carbocycles. The third kappa shape index (κ3) is 7.06. The van der Waals surface area contributed by atoms with Gasteiger partial charge in [0.15, 0.2) is 0 Å². The average molecular weight is 360 g/mol. The van der Waals surface area contributed by atoms with E-state index in [-0.39, 0.29) is 0 Å². The van der Waals surface area contributed by atoms with Crippen LogP contribution in [-0.2, 0) is 13.0 Å². The van der Waals surface area contributed by atoms with E-state index in [2.05, 4.69) is 17.2 Å². The van der Waals surface area contributed by atoms with Crippen LogP contribution in [0.25, 0.3) is 0 Å². The molecule has 2 rings (SSSR count). The molecule has 26 heavy (non-hydrogen) atoms. The number of aromatic nitrogens is 3. The highest BCUT2D eigenvalue weighted by molar-refractivity contribution is 5.38. The average Bonchev–Trinajstić information content (AvgIpc) is 3.10. The molecule has 0 aliphatic heterocycles. The van der Waals surface area contributed by atoms with E-state index >= 15 is 0 Å². The Bertz CT molecular complexity index is 618. The summed E-state index contributed by atoms with van der Waals surface area (Å²) in [5.74, 6) is 1.58. The number of aryl methyl sites for hydroxylation is 1. The number of hydrogen-bond donors (Lipinski definition) is 0. The quantitative estimate of drug-likeness (QED) is 0.471. The number of rotatable bonds is 13. The van der Waals surface area contributed by atoms with Gasteiger partial charge in [-0.3, -0.25) is 0 Å². The molecule has 0 fully saturated rings. The Balaban J connectivity index is 1.74. The van der Waals surface area contributed by atoms with E-state index in [1.54, 1.807) is 14.2 Å². The van der Waals surface area contributed by atoms with Crippen LogP contribution >= 0.6 is 0 Å². The molecule has 144 valence electrons. The maximum atomic E-state index is 5.32. The lowest BCUT2D eigenvalue weighted by molar-refractivity contribution is 0.393. The van der Waals surface area contributed by atoms with Crippen molar-refractivity contribution in [3.63, 3.8) is 0 Å². The highest BCUT2D eigenvalue weighted by Crippen LogP contribution is 2.23. The maximum absolute atomic E-state index is 5.32. The zero-order chi connectivity index (χ0) is 18.6. The van der Waals surface area contributed by atoms with Crippen LogP contribution in [0.4, 0.5) is 0 Å². The molecule has 0 amide bonds. The molecule has 0 saturated heterocycles. The van der Waals surface area contributed by atoms with E-state index in [4.69, 9.17) is 9.47 Å². The SMILES string of the molecule is CCCCCCCCCCc1cn(Cc2cc(OC)cc(OC)c2)nn1. The number of benzene rings is 1. The van der Waals surface area contributed by atoms with E-state index in [9.17, 15) is 0 Å². The fourth-order valence-corrected chi connectivity index (χ4v) is 3.12. The predicted octanol–water partition coefficient (Wildman–Crippen LogP) is 5.03. The molecule has 0 radical (unpaired) electrons. The molecule has 0 bridgehead atoms. The molecule has 2 aromatic rings. The Hall–Kier alpha value is -2.04. The summed E-state index contributed by atoms with van der Waals surface area (Å²) in [5, 5.41) is 8.56. The number of hydrogen-bond acceptors (Lipinski definition) is 4. The van der Waals surface area contributed by atoms with Gasteiger partial charge in [-0.25, -0.2) is 4.68 Å². The van der Waals surface area contributed by atoms with Crippen molar-refractivity contribution in [2.45, 2.75) is 71.3 Å². The first-order valence-corrected chi connectivity index (χ1v) is 9.86. The number of nitrogens with zero attached hydrogens (tertiary/aromatic N) is 3. The zero-order valence-corrected chi connectivity index (χ0v) is 16.5. The monoisotopic (exact) mass is 359 g/mol. The van der Waals surface area contributed by atoms with Crippen LogP contribution in [0, 0.1) is 0 Å². The van der Waals surface area contributed by atoms with Crippen molar-refractivity contribution >= 4 is 0 Å². The highest BCUT2D eigenvalue weighted by atomic mass is 16.5. The van der Waals surface area contributed by atoms with Crippen molar-refractivity contribution in [1.82, 2.24) is 15.0 Å². The third-order valence-corrected chi connectivity index (χ3v) is 4.63. The summed E-state index contributed by atoms with van der Waals surface area (Å²) >= 11 is 0. The molecule has 0 saturated carbocycles. The van der Waals surface area contributed by atoms with Gasteiger partial charge in [0.2, 0.25) is 0 Å². The lowest BCUT2D eigenvalue weighted by Crippen LogP contribution is -2.01. The van der Waals surface area contributed by atoms with Crippen LogP contribution in [0.2, 0.25) is 0 Å². The first-order valence-electron chi connectivity index (χ1n) is 9.86. The van der Waals surface area contributed by atoms with Gasteiger partial charge in [0, 0.05) is 12.3 Å². The van der Waals surface area contributed by atoms with Gasteiger partial charge in [-0.1, -0.05) is 57.1 Å². The Morgan fingerprint density at radius 2 is 1.46 bits per heavy atom. The fraction of sp³-hybridized carbons (Fsp3) is 0.619. The van der Waals surface area contributed by atoms with Crippen molar-refractivity contribution in [2.24, 2.45) is 0 Å². The van der Waals surface area contributed by atoms with Crippen molar-refractivity contribution < 1.29 is 9.47 Å². The molecular formula is C21H33N3O2. The molecule has 1 heterocycles. The molecule has 1 aromatic heterocycles. The smallest absolute Gasteiger partial charge is 0.122 e. The largest absolute Gasteiger partial charge is 0.497 e. The molecular weight excluding hydrogens is 326 g/mol. The Morgan fingerprint density at radius 1 is 0.846 bits per heavy atom. The summed E-state index contributed by atoms with van der Waals surface area (Å²) < 4.78 is 12.5. The minimum absolute atomic E-state index is 0.665. The molecule has 5 heteroatoms. The number of ether oxygens (including phenoxy) is 2. The van der Waals surface area contributed by atoms with Crippen molar-refractivity contribution in [1.29, 1.82) is 0 Å². The summed E-state index contributed by atoms with van der Waals surface area (Å²) in [6, 6.07) is 5.88. The van der Waals surface area contributed by atoms with Gasteiger partial charge in [0.25, 0.3) is 0 Å². The molecule has 0 aliphatic rings. The highest BCUT2D eigenvalue weighted by Gasteiger charge is 2.05. The van der Waals surface area contributed by atoms with Crippen molar-refractivity contribution in [2.75, 3.05) is 14.2 Å². The van der Waals surface area contributed by atoms with Crippen LogP contribution in [0.1, 0.15) is 69.5 Å². The van der Waals surface area contributed by atoms with Crippen LogP contribution < -0.4 is 9.47 Å². The van der Waals surface area contributed by atoms with Gasteiger partial charge in [-0.15, -0.1) is 5.10 Å². The van der Waals surface area contributed by atoms with Crippen molar-refractivity contribution in [3.8, 4) is 11.5 Å². The molecule has 0 N–H and O–H groups in total. The minimum Gasteiger partial charge on any atom is -0.497 e. The standard InChI is InChI=1S/C21H33N3O2/c1-4-5-6-7-8-9-10-11-12-19-17-24(23-22-19)16-18-13-20(25-2)15-21(14-18)26-3/h13-15,17H,4-12,16H2,1-3H3. The van der Waals surface area contributed by atoms with Crippen LogP contribution in [0.3, 0.4) is 0 Å². The van der Waals surface area contributed by atoms with E-state index in [1.807, 2.05) is 29.1 Å². The topological polar surface area (TPSA) is 49.2 Å². The predicted molar refractivity (Wildman–Crippen MR) is 105 cm³/mol. The number of unbranched alkanes of at least 4 members (excludes halogenated alkanes) is 7. The van der Waals surface area contributed by atoms with Crippen LogP contribution in [0.5, 0.6) is 11.5 Å². The Kier molecular flexibility index (Phi) is 9.01. The molecule has 0 atom stereocenters. The maximum Gasteiger partial charge on any atom is 0.122 e. The van der Waals surface area contributed by atoms with E-state index in [1.165, 1.54) is 51.4 Å². The summed E-state index contributed by atoms with van der Waals surface area (Å²) in [4.78, 5) is 0. The normalized spacial score (nSPS) is 10.9. The summed E-state index contributed by atoms with van der Waals surface area (Å²) in [6.45, 7) is 2.93. The van der Waals surface area contributed by atoms with Crippen LogP contribution in [-0.4, -0.2) is 29.2 Å². The summed E-state index contributed by atoms with van der Waals surface area (Å²) in [5.41, 5.74) is 2.16. The van der Waals surface area contributed by atoms with Gasteiger partial charge in [0.05, 0.1) is 26.5 Å². The lowest BCUT2D eigenvalue weighted by Gasteiger charge is -2.08. The second-order valence-corrected chi connectivity index (χ2v) is 6.85. The summed E-state index contributed by atoms with van der Waals surface area (Å²) in [6.07, 6.45) is 13.7. The first-order chi connectivity index (χ1) is 12.7. The summed E-state index contributed by atoms with van der Waals surface area (Å²) in [7, 11) is 3.33. The van der Waals surface area contributed by atoms with E-state index in [0.717, 1.165) is 29.2 Å². The van der Waals surface area contributed by atoms with Gasteiger partial charge < -0.3 is 9.47 Å². The third-order valence-electron chi connectivity index (χ3n) is 4.63. The van der Waals surface area contributed by atoms with E-state index < -0.39 is 0 Å². The van der Waals surface area contributed by atoms with Gasteiger partial charge in [-0.2, -0.15) is 0 Å². The Morgan fingerprint density at radius 3 is 2.08 bits per heavy atom. The van der Waals surface area contributed by atoms with Gasteiger partial charge in [-0.05, 0) is 30.5 Å². The molecule has 0 unspecified atom stereocenters. The molecule has 0 aliphatic carbocycles. The first kappa shape index (κ1) is 20.3. The van der Waals surface area contributed by atoms with E-state index in [0.29, 0.717) is 6.54 Å². The van der Waals surface area contributed by atoms with Gasteiger partial charge >= 0.3 is 0 Å². The number of methoxy groups -OCH3 is 2. The fourth-order valence-electron chi connectivity index (χ4n) is 3.12. The second-order valence-electron chi connectivity index (χ2n) is 6.85.